The molecule has 2 aliphatic rings. The number of thioether (sulfide) groups is 1. The molecule has 0 spiro atoms. The number of hydrogen-bond donors (Lipinski definition) is 0. The van der Waals surface area contributed by atoms with Crippen molar-refractivity contribution in [1.82, 2.24) is 9.80 Å². The van der Waals surface area contributed by atoms with Crippen molar-refractivity contribution < 1.29 is 14.0 Å². The number of halogens is 1. The van der Waals surface area contributed by atoms with Crippen LogP contribution in [0.4, 0.5) is 4.39 Å². The summed E-state index contributed by atoms with van der Waals surface area (Å²) < 4.78 is 13.7. The van der Waals surface area contributed by atoms with Crippen LogP contribution in [-0.4, -0.2) is 46.5 Å². The summed E-state index contributed by atoms with van der Waals surface area (Å²) in [6.07, 6.45) is 7.75. The predicted octanol–water partition coefficient (Wildman–Crippen LogP) is 5.51. The summed E-state index contributed by atoms with van der Waals surface area (Å²) in [4.78, 5) is 30.9. The van der Waals surface area contributed by atoms with E-state index in [0.29, 0.717) is 23.9 Å². The largest absolute Gasteiger partial charge is 0.342 e. The Morgan fingerprint density at radius 3 is 2.44 bits per heavy atom. The Morgan fingerprint density at radius 2 is 1.72 bits per heavy atom. The first-order valence-corrected chi connectivity index (χ1v) is 12.5. The third kappa shape index (κ3) is 5.71. The summed E-state index contributed by atoms with van der Waals surface area (Å²) in [5, 5.41) is 0. The van der Waals surface area contributed by atoms with E-state index in [-0.39, 0.29) is 23.7 Å². The van der Waals surface area contributed by atoms with Crippen LogP contribution in [0.15, 0.2) is 53.4 Å². The molecule has 32 heavy (non-hydrogen) atoms. The molecule has 2 fully saturated rings. The van der Waals surface area contributed by atoms with Gasteiger partial charge in [0.15, 0.2) is 0 Å². The minimum Gasteiger partial charge on any atom is -0.342 e. The molecule has 0 saturated heterocycles. The fraction of sp³-hybridized carbons (Fsp3) is 0.462. The van der Waals surface area contributed by atoms with Crippen LogP contribution in [0.5, 0.6) is 0 Å². The van der Waals surface area contributed by atoms with Crippen LogP contribution >= 0.6 is 11.8 Å². The van der Waals surface area contributed by atoms with Crippen molar-refractivity contribution in [2.75, 3.05) is 12.8 Å². The van der Waals surface area contributed by atoms with Crippen molar-refractivity contribution in [3.63, 3.8) is 0 Å². The lowest BCUT2D eigenvalue weighted by atomic mass is 9.94. The molecule has 2 saturated carbocycles. The van der Waals surface area contributed by atoms with Gasteiger partial charge in [0.2, 0.25) is 5.91 Å². The van der Waals surface area contributed by atoms with E-state index in [4.69, 9.17) is 0 Å². The monoisotopic (exact) mass is 454 g/mol. The molecule has 0 bridgehead atoms. The van der Waals surface area contributed by atoms with Gasteiger partial charge in [-0.25, -0.2) is 4.39 Å². The van der Waals surface area contributed by atoms with E-state index in [0.717, 1.165) is 36.1 Å². The lowest BCUT2D eigenvalue weighted by molar-refractivity contribution is -0.129. The Kier molecular flexibility index (Phi) is 7.51. The second-order valence-electron chi connectivity index (χ2n) is 8.88. The maximum Gasteiger partial charge on any atom is 0.255 e. The van der Waals surface area contributed by atoms with Gasteiger partial charge < -0.3 is 9.80 Å². The van der Waals surface area contributed by atoms with Crippen molar-refractivity contribution in [1.29, 1.82) is 0 Å². The second kappa shape index (κ2) is 10.5. The zero-order valence-corrected chi connectivity index (χ0v) is 19.5. The molecule has 0 heterocycles. The maximum absolute atomic E-state index is 13.7. The smallest absolute Gasteiger partial charge is 0.255 e. The zero-order chi connectivity index (χ0) is 22.5. The normalized spacial score (nSPS) is 16.6. The molecule has 170 valence electrons. The average Bonchev–Trinajstić information content (AvgIpc) is 3.66. The standard InChI is InChI=1S/C26H31FN2O2S/c1-28(21-10-3-2-4-11-21)25(30)18-32-24-13-6-5-12-23(24)26(31)29(22-14-15-22)17-19-8-7-9-20(27)16-19/h5-9,12-13,16,21-22H,2-4,10-11,14-15,17-18H2,1H3. The third-order valence-corrected chi connectivity index (χ3v) is 7.53. The highest BCUT2D eigenvalue weighted by Gasteiger charge is 2.34. The molecule has 2 aromatic carbocycles. The van der Waals surface area contributed by atoms with Crippen molar-refractivity contribution >= 4 is 23.6 Å². The zero-order valence-electron chi connectivity index (χ0n) is 18.6. The third-order valence-electron chi connectivity index (χ3n) is 6.47. The topological polar surface area (TPSA) is 40.6 Å². The van der Waals surface area contributed by atoms with Gasteiger partial charge >= 0.3 is 0 Å². The Balaban J connectivity index is 1.44. The van der Waals surface area contributed by atoms with Crippen molar-refractivity contribution in [2.45, 2.75) is 68.5 Å². The number of carbonyl (C=O) groups excluding carboxylic acids is 2. The number of carbonyl (C=O) groups is 2. The van der Waals surface area contributed by atoms with Crippen LogP contribution in [0, 0.1) is 5.82 Å². The molecule has 0 N–H and O–H groups in total. The van der Waals surface area contributed by atoms with Crippen LogP contribution in [-0.2, 0) is 11.3 Å². The number of benzene rings is 2. The summed E-state index contributed by atoms with van der Waals surface area (Å²) in [6, 6.07) is 14.5. The quantitative estimate of drug-likeness (QED) is 0.494. The highest BCUT2D eigenvalue weighted by molar-refractivity contribution is 8.00. The van der Waals surface area contributed by atoms with Gasteiger partial charge in [0, 0.05) is 30.6 Å². The van der Waals surface area contributed by atoms with Gasteiger partial charge in [0.25, 0.3) is 5.91 Å². The Bertz CT molecular complexity index is 956. The number of nitrogens with zero attached hydrogens (tertiary/aromatic N) is 2. The lowest BCUT2D eigenvalue weighted by Crippen LogP contribution is -2.39. The van der Waals surface area contributed by atoms with Crippen molar-refractivity contribution in [3.8, 4) is 0 Å². The van der Waals surface area contributed by atoms with Gasteiger partial charge in [-0.15, -0.1) is 11.8 Å². The van der Waals surface area contributed by atoms with Crippen LogP contribution in [0.2, 0.25) is 0 Å². The van der Waals surface area contributed by atoms with Crippen molar-refractivity contribution in [3.05, 3.63) is 65.5 Å². The summed E-state index contributed by atoms with van der Waals surface area (Å²) >= 11 is 1.44. The van der Waals surface area contributed by atoms with E-state index in [2.05, 4.69) is 0 Å². The molecule has 0 unspecified atom stereocenters. The molecule has 4 rings (SSSR count). The second-order valence-corrected chi connectivity index (χ2v) is 9.89. The highest BCUT2D eigenvalue weighted by atomic mass is 32.2. The minimum atomic E-state index is -0.290. The SMILES string of the molecule is CN(C(=O)CSc1ccccc1C(=O)N(Cc1cccc(F)c1)C1CC1)C1CCCCC1. The van der Waals surface area contributed by atoms with E-state index < -0.39 is 0 Å². The molecule has 0 aromatic heterocycles. The molecule has 2 aromatic rings. The first kappa shape index (κ1) is 22.8. The summed E-state index contributed by atoms with van der Waals surface area (Å²) in [7, 11) is 1.91. The van der Waals surface area contributed by atoms with Crippen LogP contribution < -0.4 is 0 Å². The first-order valence-electron chi connectivity index (χ1n) is 11.6. The maximum atomic E-state index is 13.7. The Hall–Kier alpha value is -2.34. The molecule has 0 radical (unpaired) electrons. The van der Waals surface area contributed by atoms with Gasteiger partial charge in [0.05, 0.1) is 11.3 Å². The van der Waals surface area contributed by atoms with Gasteiger partial charge in [0.1, 0.15) is 5.82 Å². The van der Waals surface area contributed by atoms with E-state index >= 15 is 0 Å². The van der Waals surface area contributed by atoms with E-state index in [1.54, 1.807) is 6.07 Å². The predicted molar refractivity (Wildman–Crippen MR) is 126 cm³/mol. The van der Waals surface area contributed by atoms with E-state index in [9.17, 15) is 14.0 Å². The van der Waals surface area contributed by atoms with Gasteiger partial charge in [-0.3, -0.25) is 9.59 Å². The lowest BCUT2D eigenvalue weighted by Gasteiger charge is -2.31. The van der Waals surface area contributed by atoms with Gasteiger partial charge in [-0.05, 0) is 55.5 Å². The van der Waals surface area contributed by atoms with E-state index in [1.165, 1.54) is 43.2 Å². The van der Waals surface area contributed by atoms with Crippen molar-refractivity contribution in [2.24, 2.45) is 0 Å². The van der Waals surface area contributed by atoms with Crippen LogP contribution in [0.25, 0.3) is 0 Å². The van der Waals surface area contributed by atoms with Gasteiger partial charge in [-0.1, -0.05) is 43.5 Å². The average molecular weight is 455 g/mol. The van der Waals surface area contributed by atoms with Gasteiger partial charge in [-0.2, -0.15) is 0 Å². The van der Waals surface area contributed by atoms with Crippen LogP contribution in [0.3, 0.4) is 0 Å². The van der Waals surface area contributed by atoms with Crippen LogP contribution in [0.1, 0.15) is 60.9 Å². The molecule has 0 aliphatic heterocycles. The number of hydrogen-bond acceptors (Lipinski definition) is 3. The summed E-state index contributed by atoms with van der Waals surface area (Å²) in [6.45, 7) is 0.392. The van der Waals surface area contributed by atoms with E-state index in [1.807, 2.05) is 47.2 Å². The molecule has 0 atom stereocenters. The Labute approximate surface area is 194 Å². The minimum absolute atomic E-state index is 0.0482. The summed E-state index contributed by atoms with van der Waals surface area (Å²) in [5.41, 5.74) is 1.41. The Morgan fingerprint density at radius 1 is 0.969 bits per heavy atom. The fourth-order valence-corrected chi connectivity index (χ4v) is 5.39. The number of rotatable bonds is 8. The molecular formula is C26H31FN2O2S. The fourth-order valence-electron chi connectivity index (χ4n) is 4.42. The molecular weight excluding hydrogens is 423 g/mol. The molecule has 6 heteroatoms. The first-order chi connectivity index (χ1) is 15.5. The molecule has 2 amide bonds. The highest BCUT2D eigenvalue weighted by Crippen LogP contribution is 2.32. The molecule has 2 aliphatic carbocycles. The summed E-state index contributed by atoms with van der Waals surface area (Å²) in [5.74, 6) is 0.100. The number of amides is 2. The molecule has 4 nitrogen and oxygen atoms in total.